The first-order valence-corrected chi connectivity index (χ1v) is 10.5. The number of aryl methyl sites for hydroxylation is 2. The Kier molecular flexibility index (Phi) is 5.56. The Bertz CT molecular complexity index is 1170. The zero-order valence-corrected chi connectivity index (χ0v) is 18.1. The summed E-state index contributed by atoms with van der Waals surface area (Å²) in [5.41, 5.74) is 1.95. The van der Waals surface area contributed by atoms with Gasteiger partial charge in [-0.2, -0.15) is 0 Å². The zero-order chi connectivity index (χ0) is 22.1. The fraction of sp³-hybridized carbons (Fsp3) is 0.217. The van der Waals surface area contributed by atoms with Gasteiger partial charge in [-0.3, -0.25) is 14.6 Å². The van der Waals surface area contributed by atoms with Gasteiger partial charge in [-0.1, -0.05) is 18.2 Å². The van der Waals surface area contributed by atoms with Gasteiger partial charge in [0, 0.05) is 12.7 Å². The molecule has 1 unspecified atom stereocenters. The first-order valence-electron chi connectivity index (χ1n) is 9.67. The van der Waals surface area contributed by atoms with E-state index in [4.69, 9.17) is 4.74 Å². The number of nitrogens with zero attached hydrogens (tertiary/aromatic N) is 3. The largest absolute Gasteiger partial charge is 0.503 e. The second kappa shape index (κ2) is 8.31. The molecule has 1 aliphatic heterocycles. The van der Waals surface area contributed by atoms with Crippen LogP contribution < -0.4 is 4.74 Å². The topological polar surface area (TPSA) is 92.6 Å². The van der Waals surface area contributed by atoms with Crippen molar-refractivity contribution in [3.63, 3.8) is 0 Å². The maximum atomic E-state index is 13.4. The van der Waals surface area contributed by atoms with Crippen molar-refractivity contribution in [2.45, 2.75) is 26.4 Å². The average Bonchev–Trinajstić information content (AvgIpc) is 3.25. The number of hydrogen-bond acceptors (Lipinski definition) is 7. The van der Waals surface area contributed by atoms with Crippen LogP contribution in [-0.4, -0.2) is 38.8 Å². The Balaban J connectivity index is 1.77. The lowest BCUT2D eigenvalue weighted by molar-refractivity contribution is -0.130. The van der Waals surface area contributed by atoms with E-state index in [0.29, 0.717) is 22.0 Å². The second-order valence-electron chi connectivity index (χ2n) is 7.18. The number of thiazole rings is 1. The molecular formula is C23H21N3O4S. The molecule has 3 aromatic rings. The predicted octanol–water partition coefficient (Wildman–Crippen LogP) is 3.94. The van der Waals surface area contributed by atoms with Gasteiger partial charge in [0.2, 0.25) is 5.78 Å². The van der Waals surface area contributed by atoms with Crippen molar-refractivity contribution in [3.05, 3.63) is 86.8 Å². The van der Waals surface area contributed by atoms with Crippen LogP contribution in [0.1, 0.15) is 37.7 Å². The molecular weight excluding hydrogens is 414 g/mol. The maximum Gasteiger partial charge on any atom is 0.290 e. The van der Waals surface area contributed by atoms with Crippen molar-refractivity contribution in [1.29, 1.82) is 0 Å². The van der Waals surface area contributed by atoms with Crippen LogP contribution in [0.25, 0.3) is 0 Å². The molecule has 0 bridgehead atoms. The smallest absolute Gasteiger partial charge is 0.290 e. The quantitative estimate of drug-likeness (QED) is 0.590. The van der Waals surface area contributed by atoms with Crippen LogP contribution in [0.5, 0.6) is 5.75 Å². The average molecular weight is 436 g/mol. The molecule has 3 heterocycles. The lowest BCUT2D eigenvalue weighted by Gasteiger charge is -2.26. The number of benzene rings is 1. The predicted molar refractivity (Wildman–Crippen MR) is 116 cm³/mol. The molecule has 2 aromatic heterocycles. The van der Waals surface area contributed by atoms with Crippen molar-refractivity contribution in [3.8, 4) is 5.75 Å². The molecule has 0 spiro atoms. The van der Waals surface area contributed by atoms with Crippen LogP contribution >= 0.6 is 11.3 Å². The summed E-state index contributed by atoms with van der Waals surface area (Å²) in [7, 11) is 1.58. The molecule has 1 aliphatic rings. The van der Waals surface area contributed by atoms with Gasteiger partial charge >= 0.3 is 0 Å². The number of aliphatic hydroxyl groups excluding tert-OH is 1. The monoisotopic (exact) mass is 435 g/mol. The Morgan fingerprint density at radius 2 is 1.94 bits per heavy atom. The molecule has 31 heavy (non-hydrogen) atoms. The van der Waals surface area contributed by atoms with Gasteiger partial charge in [0.05, 0.1) is 34.0 Å². The third-order valence-electron chi connectivity index (χ3n) is 5.14. The second-order valence-corrected chi connectivity index (χ2v) is 8.38. The number of aromatic nitrogens is 2. The van der Waals surface area contributed by atoms with E-state index in [0.717, 1.165) is 10.6 Å². The maximum absolute atomic E-state index is 13.4. The lowest BCUT2D eigenvalue weighted by Crippen LogP contribution is -2.31. The van der Waals surface area contributed by atoms with Crippen molar-refractivity contribution in [1.82, 2.24) is 14.9 Å². The molecule has 1 N–H and O–H groups in total. The van der Waals surface area contributed by atoms with E-state index in [1.807, 2.05) is 19.1 Å². The Labute approximate surface area is 183 Å². The standard InChI is InChI=1S/C23H21N3O4S/c1-13-22(31-14(2)25-13)20(27)18-19(17-6-4-5-11-24-17)26(23(29)21(18)28)12-15-7-9-16(30-3)10-8-15/h4-11,19,28H,12H2,1-3H3. The molecule has 0 aliphatic carbocycles. The van der Waals surface area contributed by atoms with Crippen LogP contribution in [0.3, 0.4) is 0 Å². The lowest BCUT2D eigenvalue weighted by atomic mass is 9.98. The van der Waals surface area contributed by atoms with Crippen LogP contribution in [0.2, 0.25) is 0 Å². The number of Topliss-reactive ketones (excluding diaryl/α,β-unsaturated/α-hetero) is 1. The summed E-state index contributed by atoms with van der Waals surface area (Å²) in [5.74, 6) is -0.846. The summed E-state index contributed by atoms with van der Waals surface area (Å²) >= 11 is 1.25. The van der Waals surface area contributed by atoms with Gasteiger partial charge in [0.25, 0.3) is 5.91 Å². The number of amides is 1. The summed E-state index contributed by atoms with van der Waals surface area (Å²) in [6.07, 6.45) is 1.60. The van der Waals surface area contributed by atoms with Crippen LogP contribution in [0.4, 0.5) is 0 Å². The zero-order valence-electron chi connectivity index (χ0n) is 17.3. The summed E-state index contributed by atoms with van der Waals surface area (Å²) < 4.78 is 5.19. The third kappa shape index (κ3) is 3.82. The number of pyridine rings is 1. The Morgan fingerprint density at radius 1 is 1.19 bits per heavy atom. The molecule has 0 saturated carbocycles. The van der Waals surface area contributed by atoms with Crippen LogP contribution in [0.15, 0.2) is 60.0 Å². The van der Waals surface area contributed by atoms with Crippen molar-refractivity contribution >= 4 is 23.0 Å². The number of rotatable bonds is 6. The van der Waals surface area contributed by atoms with Gasteiger partial charge in [0.1, 0.15) is 11.8 Å². The molecule has 0 radical (unpaired) electrons. The number of carbonyl (C=O) groups excluding carboxylic acids is 2. The molecule has 1 atom stereocenters. The highest BCUT2D eigenvalue weighted by Gasteiger charge is 2.45. The van der Waals surface area contributed by atoms with Gasteiger partial charge in [-0.05, 0) is 43.7 Å². The van der Waals surface area contributed by atoms with E-state index in [1.54, 1.807) is 50.6 Å². The summed E-state index contributed by atoms with van der Waals surface area (Å²) in [6, 6.07) is 11.8. The van der Waals surface area contributed by atoms with E-state index in [2.05, 4.69) is 9.97 Å². The molecule has 158 valence electrons. The molecule has 0 fully saturated rings. The van der Waals surface area contributed by atoms with Crippen molar-refractivity contribution in [2.75, 3.05) is 7.11 Å². The first kappa shape index (κ1) is 20.7. The van der Waals surface area contributed by atoms with Gasteiger partial charge in [-0.15, -0.1) is 11.3 Å². The molecule has 4 rings (SSSR count). The number of methoxy groups -OCH3 is 1. The first-order chi connectivity index (χ1) is 14.9. The van der Waals surface area contributed by atoms with Gasteiger partial charge in [-0.25, -0.2) is 4.98 Å². The molecule has 0 saturated heterocycles. The number of ether oxygens (including phenoxy) is 1. The SMILES string of the molecule is COc1ccc(CN2C(=O)C(O)=C(C(=O)c3sc(C)nc3C)C2c2ccccn2)cc1. The van der Waals surface area contributed by atoms with E-state index < -0.39 is 23.5 Å². The van der Waals surface area contributed by atoms with E-state index >= 15 is 0 Å². The fourth-order valence-corrected chi connectivity index (χ4v) is 4.56. The van der Waals surface area contributed by atoms with Crippen molar-refractivity contribution in [2.24, 2.45) is 0 Å². The Hall–Kier alpha value is -3.52. The van der Waals surface area contributed by atoms with Crippen LogP contribution in [-0.2, 0) is 11.3 Å². The minimum Gasteiger partial charge on any atom is -0.503 e. The highest BCUT2D eigenvalue weighted by atomic mass is 32.1. The normalized spacial score (nSPS) is 16.2. The van der Waals surface area contributed by atoms with E-state index in [-0.39, 0.29) is 12.1 Å². The molecule has 1 aromatic carbocycles. The highest BCUT2D eigenvalue weighted by molar-refractivity contribution is 7.14. The number of aliphatic hydroxyl groups is 1. The minimum absolute atomic E-state index is 0.0314. The fourth-order valence-electron chi connectivity index (χ4n) is 3.69. The molecule has 1 amide bonds. The molecule has 7 nitrogen and oxygen atoms in total. The summed E-state index contributed by atoms with van der Waals surface area (Å²) in [4.78, 5) is 37.1. The number of hydrogen-bond donors (Lipinski definition) is 1. The van der Waals surface area contributed by atoms with Crippen LogP contribution in [0, 0.1) is 13.8 Å². The Morgan fingerprint density at radius 3 is 2.52 bits per heavy atom. The number of carbonyl (C=O) groups is 2. The van der Waals surface area contributed by atoms with E-state index in [9.17, 15) is 14.7 Å². The summed E-state index contributed by atoms with van der Waals surface area (Å²) in [5, 5.41) is 11.5. The van der Waals surface area contributed by atoms with E-state index in [1.165, 1.54) is 16.2 Å². The number of ketones is 1. The highest BCUT2D eigenvalue weighted by Crippen LogP contribution is 2.40. The third-order valence-corrected chi connectivity index (χ3v) is 6.21. The van der Waals surface area contributed by atoms with Gasteiger partial charge in [0.15, 0.2) is 5.76 Å². The summed E-state index contributed by atoms with van der Waals surface area (Å²) in [6.45, 7) is 3.76. The minimum atomic E-state index is -0.801. The van der Waals surface area contributed by atoms with Gasteiger partial charge < -0.3 is 14.7 Å². The van der Waals surface area contributed by atoms with Crippen molar-refractivity contribution < 1.29 is 19.4 Å². The molecule has 8 heteroatoms.